The molecule has 2 rings (SSSR count). The van der Waals surface area contributed by atoms with Crippen LogP contribution < -0.4 is 31.7 Å². The number of benzene rings is 1. The van der Waals surface area contributed by atoms with E-state index in [1.807, 2.05) is 12.1 Å². The molecule has 9 heteroatoms. The van der Waals surface area contributed by atoms with Crippen LogP contribution in [0.3, 0.4) is 0 Å². The second-order valence-corrected chi connectivity index (χ2v) is 8.28. The molecule has 0 saturated carbocycles. The molecule has 0 aliphatic carbocycles. The lowest BCUT2D eigenvalue weighted by atomic mass is 10.1. The lowest BCUT2D eigenvalue weighted by Gasteiger charge is -2.15. The third kappa shape index (κ3) is 12.6. The van der Waals surface area contributed by atoms with Crippen LogP contribution in [0.1, 0.15) is 63.4 Å². The fraction of sp³-hybridized carbons (Fsp3) is 0.625. The number of unbranched alkanes of at least 4 members (excludes halogenated alkanes) is 6. The largest absolute Gasteiger partial charge is 0.494 e. The quantitative estimate of drug-likeness (QED) is 0.115. The van der Waals surface area contributed by atoms with Crippen molar-refractivity contribution in [3.05, 3.63) is 29.8 Å². The summed E-state index contributed by atoms with van der Waals surface area (Å²) < 4.78 is 5.82. The molecular formula is C24H42N8O. The highest BCUT2D eigenvalue weighted by atomic mass is 16.5. The van der Waals surface area contributed by atoms with Crippen molar-refractivity contribution in [2.24, 2.45) is 10.7 Å². The molecule has 184 valence electrons. The van der Waals surface area contributed by atoms with E-state index < -0.39 is 0 Å². The zero-order valence-corrected chi connectivity index (χ0v) is 19.8. The average molecular weight is 459 g/mol. The van der Waals surface area contributed by atoms with E-state index in [-0.39, 0.29) is 5.96 Å². The minimum Gasteiger partial charge on any atom is -0.494 e. The molecule has 0 radical (unpaired) electrons. The van der Waals surface area contributed by atoms with Gasteiger partial charge in [0.1, 0.15) is 11.6 Å². The molecule has 33 heavy (non-hydrogen) atoms. The van der Waals surface area contributed by atoms with Crippen LogP contribution in [-0.2, 0) is 0 Å². The maximum Gasteiger partial charge on any atom is 0.188 e. The third-order valence-electron chi connectivity index (χ3n) is 5.39. The van der Waals surface area contributed by atoms with Crippen molar-refractivity contribution in [1.29, 1.82) is 10.8 Å². The highest BCUT2D eigenvalue weighted by Gasteiger charge is 2.06. The Bertz CT molecular complexity index is 720. The maximum atomic E-state index is 7.93. The number of nitrogens with one attached hydrogen (secondary N) is 6. The van der Waals surface area contributed by atoms with Gasteiger partial charge < -0.3 is 31.7 Å². The lowest BCUT2D eigenvalue weighted by Crippen LogP contribution is -2.37. The van der Waals surface area contributed by atoms with Gasteiger partial charge in [0, 0.05) is 38.3 Å². The topological polar surface area (TPSA) is 143 Å². The Hall–Kier alpha value is -2.97. The van der Waals surface area contributed by atoms with E-state index in [4.69, 9.17) is 21.3 Å². The van der Waals surface area contributed by atoms with Gasteiger partial charge in [0.05, 0.1) is 6.61 Å². The molecule has 0 fully saturated rings. The summed E-state index contributed by atoms with van der Waals surface area (Å²) in [6.45, 7) is 4.94. The van der Waals surface area contributed by atoms with E-state index >= 15 is 0 Å². The fourth-order valence-corrected chi connectivity index (χ4v) is 3.52. The number of ether oxygens (including phenoxy) is 1. The minimum absolute atomic E-state index is 0.0511. The molecule has 0 amide bonds. The molecule has 9 nitrogen and oxygen atoms in total. The van der Waals surface area contributed by atoms with Gasteiger partial charge in [-0.25, -0.2) is 0 Å². The maximum absolute atomic E-state index is 7.93. The summed E-state index contributed by atoms with van der Waals surface area (Å²) in [6.07, 6.45) is 9.86. The predicted molar refractivity (Wildman–Crippen MR) is 137 cm³/mol. The zero-order valence-electron chi connectivity index (χ0n) is 19.8. The van der Waals surface area contributed by atoms with E-state index in [2.05, 4.69) is 38.4 Å². The Morgan fingerprint density at radius 1 is 0.879 bits per heavy atom. The van der Waals surface area contributed by atoms with Gasteiger partial charge in [-0.15, -0.1) is 0 Å². The second kappa shape index (κ2) is 16.6. The number of hydrogen-bond acceptors (Lipinski definition) is 5. The van der Waals surface area contributed by atoms with Crippen LogP contribution in [-0.4, -0.2) is 57.1 Å². The number of nitrogens with zero attached hydrogens (tertiary/aromatic N) is 1. The van der Waals surface area contributed by atoms with E-state index in [1.54, 1.807) is 0 Å². The lowest BCUT2D eigenvalue weighted by molar-refractivity contribution is 0.307. The highest BCUT2D eigenvalue weighted by Crippen LogP contribution is 2.13. The number of amidine groups is 1. The second-order valence-electron chi connectivity index (χ2n) is 8.28. The molecule has 0 atom stereocenters. The van der Waals surface area contributed by atoms with Gasteiger partial charge in [0.2, 0.25) is 0 Å². The van der Waals surface area contributed by atoms with Crippen molar-refractivity contribution >= 4 is 17.8 Å². The molecule has 0 unspecified atom stereocenters. The first kappa shape index (κ1) is 26.3. The van der Waals surface area contributed by atoms with E-state index in [0.29, 0.717) is 12.6 Å². The number of aliphatic imine (C=N–C) groups is 1. The Balaban J connectivity index is 1.38. The fourth-order valence-electron chi connectivity index (χ4n) is 3.52. The van der Waals surface area contributed by atoms with Gasteiger partial charge in [-0.2, -0.15) is 0 Å². The van der Waals surface area contributed by atoms with Crippen molar-refractivity contribution < 1.29 is 4.74 Å². The molecule has 0 aromatic heterocycles. The summed E-state index contributed by atoms with van der Waals surface area (Å²) in [5.41, 5.74) is 6.35. The molecular weight excluding hydrogens is 416 g/mol. The number of guanidine groups is 2. The van der Waals surface area contributed by atoms with Crippen molar-refractivity contribution in [3.63, 3.8) is 0 Å². The van der Waals surface area contributed by atoms with Gasteiger partial charge in [0.25, 0.3) is 0 Å². The predicted octanol–water partition coefficient (Wildman–Crippen LogP) is 2.52. The van der Waals surface area contributed by atoms with Crippen LogP contribution in [0, 0.1) is 10.8 Å². The first-order chi connectivity index (χ1) is 16.1. The van der Waals surface area contributed by atoms with Crippen LogP contribution >= 0.6 is 0 Å². The summed E-state index contributed by atoms with van der Waals surface area (Å²) in [6, 6.07) is 8.10. The number of rotatable bonds is 16. The van der Waals surface area contributed by atoms with Crippen LogP contribution in [0.4, 0.5) is 0 Å². The van der Waals surface area contributed by atoms with Crippen molar-refractivity contribution in [2.45, 2.75) is 57.8 Å². The standard InChI is InChI=1S/C24H42N8O/c25-23(26)30-14-5-3-1-2-4-6-15-31-24(27)32-16-7-8-19-33-21-12-10-20(11-13-21)22-28-17-9-18-29-22/h10-13H,1-9,14-19H2,(H,28,29)(H4,25,26,30)(H3,27,31,32). The molecule has 1 aliphatic rings. The summed E-state index contributed by atoms with van der Waals surface area (Å²) >= 11 is 0. The Kier molecular flexibility index (Phi) is 13.2. The summed E-state index contributed by atoms with van der Waals surface area (Å²) in [7, 11) is 0. The average Bonchev–Trinajstić information content (AvgIpc) is 2.83. The van der Waals surface area contributed by atoms with Crippen LogP contribution in [0.15, 0.2) is 29.3 Å². The normalized spacial score (nSPS) is 12.9. The Morgan fingerprint density at radius 3 is 2.09 bits per heavy atom. The van der Waals surface area contributed by atoms with E-state index in [9.17, 15) is 0 Å². The molecule has 8 N–H and O–H groups in total. The first-order valence-electron chi connectivity index (χ1n) is 12.3. The summed E-state index contributed by atoms with van der Waals surface area (Å²) in [5.74, 6) is 2.31. The van der Waals surface area contributed by atoms with E-state index in [1.165, 1.54) is 19.3 Å². The Morgan fingerprint density at radius 2 is 1.48 bits per heavy atom. The number of hydrogen-bond donors (Lipinski definition) is 7. The van der Waals surface area contributed by atoms with Crippen LogP contribution in [0.25, 0.3) is 0 Å². The molecule has 0 saturated heterocycles. The highest BCUT2D eigenvalue weighted by molar-refractivity contribution is 5.99. The van der Waals surface area contributed by atoms with Crippen molar-refractivity contribution in [3.8, 4) is 5.75 Å². The van der Waals surface area contributed by atoms with Crippen LogP contribution in [0.2, 0.25) is 0 Å². The molecule has 1 heterocycles. The van der Waals surface area contributed by atoms with Gasteiger partial charge >= 0.3 is 0 Å². The van der Waals surface area contributed by atoms with Crippen molar-refractivity contribution in [1.82, 2.24) is 21.3 Å². The monoisotopic (exact) mass is 458 g/mol. The molecule has 1 aromatic rings. The van der Waals surface area contributed by atoms with Gasteiger partial charge in [-0.3, -0.25) is 15.8 Å². The third-order valence-corrected chi connectivity index (χ3v) is 5.39. The molecule has 1 aromatic carbocycles. The molecule has 0 bridgehead atoms. The zero-order chi connectivity index (χ0) is 23.6. The number of nitrogens with two attached hydrogens (primary N) is 1. The van der Waals surface area contributed by atoms with Gasteiger partial charge in [0.15, 0.2) is 11.9 Å². The van der Waals surface area contributed by atoms with Crippen molar-refractivity contribution in [2.75, 3.05) is 39.3 Å². The summed E-state index contributed by atoms with van der Waals surface area (Å²) in [4.78, 5) is 4.51. The van der Waals surface area contributed by atoms with E-state index in [0.717, 1.165) is 88.4 Å². The SMILES string of the molecule is N=C(N)NCCCCCCCCNC(=N)NCCCCOc1ccc(C2=NCCCN2)cc1. The Labute approximate surface area is 198 Å². The van der Waals surface area contributed by atoms with Gasteiger partial charge in [-0.05, 0) is 56.4 Å². The smallest absolute Gasteiger partial charge is 0.188 e. The minimum atomic E-state index is 0.0511. The van der Waals surface area contributed by atoms with Crippen LogP contribution in [0.5, 0.6) is 5.75 Å². The molecule has 1 aliphatic heterocycles. The van der Waals surface area contributed by atoms with Gasteiger partial charge in [-0.1, -0.05) is 25.7 Å². The summed E-state index contributed by atoms with van der Waals surface area (Å²) in [5, 5.41) is 27.4. The molecule has 0 spiro atoms. The first-order valence-corrected chi connectivity index (χ1v) is 12.3.